The number of nitrogens with one attached hydrogen (secondary N) is 3. The van der Waals surface area contributed by atoms with Crippen molar-refractivity contribution in [2.24, 2.45) is 5.92 Å². The number of carbonyl (C=O) groups is 3. The van der Waals surface area contributed by atoms with Crippen LogP contribution in [0.2, 0.25) is 0 Å². The molecule has 0 bridgehead atoms. The molecule has 2 aliphatic rings. The number of hydrogen-bond acceptors (Lipinski definition) is 4. The van der Waals surface area contributed by atoms with Crippen LogP contribution in [0.5, 0.6) is 0 Å². The molecule has 0 aromatic heterocycles. The van der Waals surface area contributed by atoms with E-state index in [0.717, 1.165) is 23.8 Å². The van der Waals surface area contributed by atoms with Crippen LogP contribution >= 0.6 is 0 Å². The summed E-state index contributed by atoms with van der Waals surface area (Å²) in [4.78, 5) is 40.5. The van der Waals surface area contributed by atoms with Gasteiger partial charge in [0.1, 0.15) is 11.6 Å². The molecule has 10 heteroatoms. The molecule has 2 aromatic carbocycles. The van der Waals surface area contributed by atoms with E-state index in [0.29, 0.717) is 57.4 Å². The van der Waals surface area contributed by atoms with E-state index in [1.807, 2.05) is 30.3 Å². The number of likely N-dealkylation sites (N-methyl/N-ethyl adjacent to an activating group) is 1. The number of rotatable bonds is 6. The van der Waals surface area contributed by atoms with Crippen LogP contribution in [0, 0.1) is 17.6 Å². The van der Waals surface area contributed by atoms with Gasteiger partial charge in [-0.1, -0.05) is 36.8 Å². The Bertz CT molecular complexity index is 1140. The van der Waals surface area contributed by atoms with Crippen molar-refractivity contribution in [3.05, 3.63) is 71.3 Å². The highest BCUT2D eigenvalue weighted by atomic mass is 19.1. The van der Waals surface area contributed by atoms with E-state index in [4.69, 9.17) is 4.74 Å². The molecule has 0 saturated carbocycles. The van der Waals surface area contributed by atoms with Gasteiger partial charge in [-0.2, -0.15) is 0 Å². The third-order valence-electron chi connectivity index (χ3n) is 7.57. The smallest absolute Gasteiger partial charge is 0.315 e. The largest absolute Gasteiger partial charge is 0.381 e. The van der Waals surface area contributed by atoms with Crippen LogP contribution < -0.4 is 16.0 Å². The Morgan fingerprint density at radius 2 is 1.74 bits per heavy atom. The minimum absolute atomic E-state index is 0.0237. The molecule has 2 unspecified atom stereocenters. The van der Waals surface area contributed by atoms with E-state index in [1.165, 1.54) is 0 Å². The minimum atomic E-state index is -0.715. The van der Waals surface area contributed by atoms with E-state index in [1.54, 1.807) is 11.9 Å². The van der Waals surface area contributed by atoms with E-state index in [2.05, 4.69) is 16.0 Å². The first kappa shape index (κ1) is 28.5. The van der Waals surface area contributed by atoms with E-state index in [9.17, 15) is 23.2 Å². The lowest BCUT2D eigenvalue weighted by Crippen LogP contribution is -2.55. The van der Waals surface area contributed by atoms with Crippen molar-refractivity contribution in [3.63, 3.8) is 0 Å². The molecule has 0 aliphatic carbocycles. The summed E-state index contributed by atoms with van der Waals surface area (Å²) in [6.07, 6.45) is 3.00. The molecule has 8 nitrogen and oxygen atoms in total. The van der Waals surface area contributed by atoms with Gasteiger partial charge in [0.05, 0.1) is 5.54 Å². The molecule has 2 atom stereocenters. The molecule has 0 radical (unpaired) electrons. The number of nitrogens with zero attached hydrogens (tertiary/aromatic N) is 1. The Kier molecular flexibility index (Phi) is 9.50. The second kappa shape index (κ2) is 13.0. The second-order valence-corrected chi connectivity index (χ2v) is 10.5. The van der Waals surface area contributed by atoms with Gasteiger partial charge < -0.3 is 25.6 Å². The van der Waals surface area contributed by atoms with Gasteiger partial charge >= 0.3 is 6.03 Å². The van der Waals surface area contributed by atoms with E-state index >= 15 is 0 Å². The molecular weight excluding hydrogens is 506 g/mol. The molecule has 210 valence electrons. The van der Waals surface area contributed by atoms with Gasteiger partial charge in [-0.15, -0.1) is 0 Å². The molecule has 0 spiro atoms. The highest BCUT2D eigenvalue weighted by Gasteiger charge is 2.36. The molecule has 4 rings (SSSR count). The molecule has 3 N–H and O–H groups in total. The van der Waals surface area contributed by atoms with Gasteiger partial charge in [-0.05, 0) is 48.9 Å². The van der Waals surface area contributed by atoms with Crippen molar-refractivity contribution in [1.29, 1.82) is 0 Å². The van der Waals surface area contributed by atoms with Crippen molar-refractivity contribution < 1.29 is 27.9 Å². The van der Waals surface area contributed by atoms with Gasteiger partial charge in [0.25, 0.3) is 0 Å². The fourth-order valence-corrected chi connectivity index (χ4v) is 5.39. The lowest BCUT2D eigenvalue weighted by Gasteiger charge is -2.39. The third-order valence-corrected chi connectivity index (χ3v) is 7.57. The van der Waals surface area contributed by atoms with E-state index in [-0.39, 0.29) is 36.9 Å². The van der Waals surface area contributed by atoms with Crippen LogP contribution in [-0.4, -0.2) is 55.6 Å². The summed E-state index contributed by atoms with van der Waals surface area (Å²) in [5, 5.41) is 8.94. The van der Waals surface area contributed by atoms with E-state index < -0.39 is 23.1 Å². The van der Waals surface area contributed by atoms with Crippen LogP contribution in [0.15, 0.2) is 48.5 Å². The number of halogens is 2. The van der Waals surface area contributed by atoms with Gasteiger partial charge in [0.2, 0.25) is 11.8 Å². The number of carbonyl (C=O) groups excluding carboxylic acids is 3. The fourth-order valence-electron chi connectivity index (χ4n) is 5.39. The molecule has 2 heterocycles. The first-order valence-electron chi connectivity index (χ1n) is 13.4. The van der Waals surface area contributed by atoms with Crippen LogP contribution in [0.1, 0.15) is 49.7 Å². The topological polar surface area (TPSA) is 99.8 Å². The lowest BCUT2D eigenvalue weighted by molar-refractivity contribution is -0.135. The number of benzene rings is 2. The van der Waals surface area contributed by atoms with Gasteiger partial charge in [-0.25, -0.2) is 13.6 Å². The van der Waals surface area contributed by atoms with Crippen molar-refractivity contribution in [1.82, 2.24) is 20.9 Å². The number of urea groups is 1. The lowest BCUT2D eigenvalue weighted by atomic mass is 9.83. The van der Waals surface area contributed by atoms with Crippen molar-refractivity contribution >= 4 is 17.8 Å². The minimum Gasteiger partial charge on any atom is -0.381 e. The van der Waals surface area contributed by atoms with Gasteiger partial charge in [-0.3, -0.25) is 9.59 Å². The Labute approximate surface area is 227 Å². The first-order valence-corrected chi connectivity index (χ1v) is 13.4. The Morgan fingerprint density at radius 1 is 1.05 bits per heavy atom. The molecule has 39 heavy (non-hydrogen) atoms. The van der Waals surface area contributed by atoms with Gasteiger partial charge in [0, 0.05) is 57.8 Å². The number of hydrogen-bond donors (Lipinski definition) is 3. The SMILES string of the molecule is CN1CC(NC(=O)NC2(c3ccccc3)CCOCC2)CCCC(C(=O)NCc2cc(F)cc(F)c2)CC1=O. The zero-order valence-corrected chi connectivity index (χ0v) is 22.2. The zero-order chi connectivity index (χ0) is 27.8. The third kappa shape index (κ3) is 7.75. The maximum Gasteiger partial charge on any atom is 0.315 e. The molecule has 2 fully saturated rings. The second-order valence-electron chi connectivity index (χ2n) is 10.5. The monoisotopic (exact) mass is 542 g/mol. The summed E-state index contributed by atoms with van der Waals surface area (Å²) in [5.74, 6) is -2.55. The fraction of sp³-hybridized carbons (Fsp3) is 0.483. The molecular formula is C29H36F2N4O4. The van der Waals surface area contributed by atoms with Crippen molar-refractivity contribution in [2.75, 3.05) is 26.8 Å². The Balaban J connectivity index is 1.35. The summed E-state index contributed by atoms with van der Waals surface area (Å²) in [6, 6.07) is 12.4. The van der Waals surface area contributed by atoms with Crippen LogP contribution in [0.3, 0.4) is 0 Å². The summed E-state index contributed by atoms with van der Waals surface area (Å²) < 4.78 is 32.5. The summed E-state index contributed by atoms with van der Waals surface area (Å²) in [5.41, 5.74) is 0.804. The summed E-state index contributed by atoms with van der Waals surface area (Å²) in [7, 11) is 1.66. The average Bonchev–Trinajstić information content (AvgIpc) is 2.97. The molecule has 2 saturated heterocycles. The summed E-state index contributed by atoms with van der Waals surface area (Å²) >= 11 is 0. The van der Waals surface area contributed by atoms with Crippen LogP contribution in [-0.2, 0) is 26.4 Å². The maximum atomic E-state index is 13.5. The Morgan fingerprint density at radius 3 is 2.44 bits per heavy atom. The van der Waals surface area contributed by atoms with Crippen LogP contribution in [0.4, 0.5) is 13.6 Å². The first-order chi connectivity index (χ1) is 18.7. The molecule has 2 aromatic rings. The molecule has 2 aliphatic heterocycles. The van der Waals surface area contributed by atoms with Gasteiger partial charge in [0.15, 0.2) is 0 Å². The number of amides is 4. The Hall–Kier alpha value is -3.53. The van der Waals surface area contributed by atoms with Crippen molar-refractivity contribution in [3.8, 4) is 0 Å². The maximum absolute atomic E-state index is 13.5. The average molecular weight is 543 g/mol. The zero-order valence-electron chi connectivity index (χ0n) is 22.2. The predicted molar refractivity (Wildman–Crippen MR) is 141 cm³/mol. The quantitative estimate of drug-likeness (QED) is 0.520. The standard InChI is InChI=1S/C29H36F2N4O4/c1-35-19-25(33-28(38)34-29(10-12-39-13-11-29)22-7-3-2-4-8-22)9-5-6-21(16-26(35)36)27(37)32-18-20-14-23(30)17-24(31)15-20/h2-4,7-8,14-15,17,21,25H,5-6,9-13,16,18-19H2,1H3,(H,32,37)(H2,33,34,38). The van der Waals surface area contributed by atoms with Crippen LogP contribution in [0.25, 0.3) is 0 Å². The number of ether oxygens (including phenoxy) is 1. The summed E-state index contributed by atoms with van der Waals surface area (Å²) in [6.45, 7) is 1.39. The normalized spacial score (nSPS) is 21.7. The highest BCUT2D eigenvalue weighted by molar-refractivity contribution is 5.86. The molecule has 4 amide bonds. The predicted octanol–water partition coefficient (Wildman–Crippen LogP) is 3.60. The highest BCUT2D eigenvalue weighted by Crippen LogP contribution is 2.32. The van der Waals surface area contributed by atoms with Crippen molar-refractivity contribution in [2.45, 2.75) is 56.7 Å².